The van der Waals surface area contributed by atoms with Crippen molar-refractivity contribution in [1.82, 2.24) is 4.98 Å². The van der Waals surface area contributed by atoms with Crippen molar-refractivity contribution in [3.8, 4) is 6.07 Å². The second kappa shape index (κ2) is 5.23. The normalized spacial score (nSPS) is 9.74. The van der Waals surface area contributed by atoms with Gasteiger partial charge in [0, 0.05) is 11.8 Å². The van der Waals surface area contributed by atoms with E-state index in [0.717, 1.165) is 18.2 Å². The highest BCUT2D eigenvalue weighted by Crippen LogP contribution is 2.11. The number of nitriles is 1. The van der Waals surface area contributed by atoms with Crippen molar-refractivity contribution in [3.63, 3.8) is 0 Å². The first kappa shape index (κ1) is 12.6. The van der Waals surface area contributed by atoms with Crippen molar-refractivity contribution in [2.24, 2.45) is 0 Å². The third-order valence-corrected chi connectivity index (χ3v) is 2.32. The summed E-state index contributed by atoms with van der Waals surface area (Å²) in [6.45, 7) is 0. The summed E-state index contributed by atoms with van der Waals surface area (Å²) in [5.41, 5.74) is 0.330. The first-order chi connectivity index (χ1) is 9.10. The third-order valence-electron chi connectivity index (χ3n) is 2.32. The molecule has 0 spiro atoms. The molecule has 0 radical (unpaired) electrons. The molecule has 0 unspecified atom stereocenters. The fourth-order valence-electron chi connectivity index (χ4n) is 1.36. The summed E-state index contributed by atoms with van der Waals surface area (Å²) in [6, 6.07) is 7.64. The van der Waals surface area contributed by atoms with Gasteiger partial charge >= 0.3 is 0 Å². The molecule has 0 aliphatic heterocycles. The lowest BCUT2D eigenvalue weighted by atomic mass is 10.2. The number of halogens is 2. The van der Waals surface area contributed by atoms with Crippen molar-refractivity contribution in [2.45, 2.75) is 0 Å². The summed E-state index contributed by atoms with van der Waals surface area (Å²) < 4.78 is 25.7. The Morgan fingerprint density at radius 3 is 2.58 bits per heavy atom. The number of nitrogens with one attached hydrogen (secondary N) is 1. The maximum absolute atomic E-state index is 13.0. The SMILES string of the molecule is N#Cc1ccc(NC(=O)c2ccc(F)c(F)c2)nc1. The maximum atomic E-state index is 13.0. The number of carbonyl (C=O) groups excluding carboxylic acids is 1. The van der Waals surface area contributed by atoms with E-state index in [4.69, 9.17) is 5.26 Å². The van der Waals surface area contributed by atoms with E-state index in [1.165, 1.54) is 18.3 Å². The number of nitrogens with zero attached hydrogens (tertiary/aromatic N) is 2. The Morgan fingerprint density at radius 1 is 1.21 bits per heavy atom. The van der Waals surface area contributed by atoms with Gasteiger partial charge in [0.1, 0.15) is 11.9 Å². The van der Waals surface area contributed by atoms with Crippen LogP contribution in [0.15, 0.2) is 36.5 Å². The molecule has 0 aliphatic rings. The molecule has 0 fully saturated rings. The average Bonchev–Trinajstić information content (AvgIpc) is 2.42. The molecule has 1 N–H and O–H groups in total. The van der Waals surface area contributed by atoms with E-state index < -0.39 is 17.5 Å². The van der Waals surface area contributed by atoms with Crippen LogP contribution in [0.2, 0.25) is 0 Å². The summed E-state index contributed by atoms with van der Waals surface area (Å²) in [6.07, 6.45) is 1.29. The van der Waals surface area contributed by atoms with Gasteiger partial charge in [0.15, 0.2) is 11.6 Å². The molecule has 0 saturated heterocycles. The number of amides is 1. The van der Waals surface area contributed by atoms with Gasteiger partial charge in [0.25, 0.3) is 5.91 Å². The predicted molar refractivity (Wildman–Crippen MR) is 63.3 cm³/mol. The van der Waals surface area contributed by atoms with Crippen LogP contribution in [0.4, 0.5) is 14.6 Å². The highest BCUT2D eigenvalue weighted by Gasteiger charge is 2.10. The number of hydrogen-bond donors (Lipinski definition) is 1. The molecule has 1 heterocycles. The van der Waals surface area contributed by atoms with E-state index in [2.05, 4.69) is 10.3 Å². The summed E-state index contributed by atoms with van der Waals surface area (Å²) in [4.78, 5) is 15.6. The Kier molecular flexibility index (Phi) is 3.48. The predicted octanol–water partition coefficient (Wildman–Crippen LogP) is 2.48. The van der Waals surface area contributed by atoms with Crippen molar-refractivity contribution in [2.75, 3.05) is 5.32 Å². The highest BCUT2D eigenvalue weighted by molar-refractivity contribution is 6.03. The molecule has 0 aliphatic carbocycles. The van der Waals surface area contributed by atoms with Crippen LogP contribution in [0.25, 0.3) is 0 Å². The van der Waals surface area contributed by atoms with Crippen LogP contribution in [0.5, 0.6) is 0 Å². The number of pyridine rings is 1. The molecule has 4 nitrogen and oxygen atoms in total. The molecule has 0 bridgehead atoms. The zero-order valence-corrected chi connectivity index (χ0v) is 9.52. The molecule has 1 aromatic heterocycles. The van der Waals surface area contributed by atoms with Gasteiger partial charge in [0.2, 0.25) is 0 Å². The van der Waals surface area contributed by atoms with Gasteiger partial charge in [-0.15, -0.1) is 0 Å². The molecule has 6 heteroatoms. The number of rotatable bonds is 2. The van der Waals surface area contributed by atoms with Crippen LogP contribution < -0.4 is 5.32 Å². The maximum Gasteiger partial charge on any atom is 0.256 e. The third kappa shape index (κ3) is 2.90. The topological polar surface area (TPSA) is 65.8 Å². The first-order valence-electron chi connectivity index (χ1n) is 5.22. The van der Waals surface area contributed by atoms with E-state index in [0.29, 0.717) is 5.56 Å². The highest BCUT2D eigenvalue weighted by atomic mass is 19.2. The summed E-state index contributed by atoms with van der Waals surface area (Å²) >= 11 is 0. The number of hydrogen-bond acceptors (Lipinski definition) is 3. The summed E-state index contributed by atoms with van der Waals surface area (Å²) in [5.74, 6) is -2.52. The average molecular weight is 259 g/mol. The van der Waals surface area contributed by atoms with E-state index >= 15 is 0 Å². The summed E-state index contributed by atoms with van der Waals surface area (Å²) in [5, 5.41) is 11.0. The Labute approximate surface area is 107 Å². The molecular weight excluding hydrogens is 252 g/mol. The second-order valence-corrected chi connectivity index (χ2v) is 3.63. The standard InChI is InChI=1S/C13H7F2N3O/c14-10-3-2-9(5-11(10)15)13(19)18-12-4-1-8(6-16)7-17-12/h1-5,7H,(H,17,18,19). The van der Waals surface area contributed by atoms with E-state index in [9.17, 15) is 13.6 Å². The zero-order valence-electron chi connectivity index (χ0n) is 9.52. The smallest absolute Gasteiger partial charge is 0.256 e. The van der Waals surface area contributed by atoms with Gasteiger partial charge in [-0.1, -0.05) is 0 Å². The van der Waals surface area contributed by atoms with Crippen LogP contribution in [-0.4, -0.2) is 10.9 Å². The van der Waals surface area contributed by atoms with Crippen molar-refractivity contribution in [1.29, 1.82) is 5.26 Å². The monoisotopic (exact) mass is 259 g/mol. The lowest BCUT2D eigenvalue weighted by Gasteiger charge is -2.04. The van der Waals surface area contributed by atoms with Crippen LogP contribution in [0.1, 0.15) is 15.9 Å². The van der Waals surface area contributed by atoms with E-state index in [1.54, 1.807) is 0 Å². The Bertz CT molecular complexity index is 663. The Morgan fingerprint density at radius 2 is 2.00 bits per heavy atom. The number of carbonyl (C=O) groups is 1. The molecule has 94 valence electrons. The molecule has 2 rings (SSSR count). The van der Waals surface area contributed by atoms with Gasteiger partial charge in [-0.3, -0.25) is 4.79 Å². The molecule has 1 amide bonds. The number of anilines is 1. The van der Waals surface area contributed by atoms with Gasteiger partial charge in [0.05, 0.1) is 5.56 Å². The lowest BCUT2D eigenvalue weighted by molar-refractivity contribution is 0.102. The van der Waals surface area contributed by atoms with Crippen LogP contribution in [-0.2, 0) is 0 Å². The molecule has 0 saturated carbocycles. The van der Waals surface area contributed by atoms with E-state index in [1.807, 2.05) is 6.07 Å². The minimum Gasteiger partial charge on any atom is -0.307 e. The fourth-order valence-corrected chi connectivity index (χ4v) is 1.36. The van der Waals surface area contributed by atoms with Gasteiger partial charge in [-0.2, -0.15) is 5.26 Å². The first-order valence-corrected chi connectivity index (χ1v) is 5.22. The lowest BCUT2D eigenvalue weighted by Crippen LogP contribution is -2.13. The fraction of sp³-hybridized carbons (Fsp3) is 0. The van der Waals surface area contributed by atoms with Crippen molar-refractivity contribution < 1.29 is 13.6 Å². The molecule has 19 heavy (non-hydrogen) atoms. The van der Waals surface area contributed by atoms with Crippen LogP contribution in [0.3, 0.4) is 0 Å². The van der Waals surface area contributed by atoms with Gasteiger partial charge in [-0.25, -0.2) is 13.8 Å². The van der Waals surface area contributed by atoms with Crippen molar-refractivity contribution >= 4 is 11.7 Å². The molecule has 0 atom stereocenters. The Hall–Kier alpha value is -2.81. The minimum absolute atomic E-state index is 0.0231. The Balaban J connectivity index is 2.16. The van der Waals surface area contributed by atoms with Crippen LogP contribution in [0, 0.1) is 23.0 Å². The molecule has 1 aromatic carbocycles. The minimum atomic E-state index is -1.10. The van der Waals surface area contributed by atoms with E-state index in [-0.39, 0.29) is 11.4 Å². The quantitative estimate of drug-likeness (QED) is 0.901. The second-order valence-electron chi connectivity index (χ2n) is 3.63. The van der Waals surface area contributed by atoms with Gasteiger partial charge in [-0.05, 0) is 30.3 Å². The number of benzene rings is 1. The van der Waals surface area contributed by atoms with Crippen molar-refractivity contribution in [3.05, 3.63) is 59.3 Å². The zero-order chi connectivity index (χ0) is 13.8. The van der Waals surface area contributed by atoms with Crippen LogP contribution >= 0.6 is 0 Å². The van der Waals surface area contributed by atoms with Gasteiger partial charge < -0.3 is 5.32 Å². The largest absolute Gasteiger partial charge is 0.307 e. The number of aromatic nitrogens is 1. The molecule has 2 aromatic rings. The summed E-state index contributed by atoms with van der Waals surface area (Å²) in [7, 11) is 0. The molecular formula is C13H7F2N3O.